The van der Waals surface area contributed by atoms with E-state index < -0.39 is 0 Å². The summed E-state index contributed by atoms with van der Waals surface area (Å²) < 4.78 is 12.4. The summed E-state index contributed by atoms with van der Waals surface area (Å²) in [5.41, 5.74) is 2.15. The van der Waals surface area contributed by atoms with E-state index in [-0.39, 0.29) is 11.9 Å². The first-order valence-corrected chi connectivity index (χ1v) is 7.24. The molecule has 7 heteroatoms. The number of rotatable bonds is 4. The predicted octanol–water partition coefficient (Wildman–Crippen LogP) is 2.04. The number of ether oxygens (including phenoxy) is 2. The molecule has 1 amide bonds. The lowest BCUT2D eigenvalue weighted by atomic mass is 10.2. The summed E-state index contributed by atoms with van der Waals surface area (Å²) in [4.78, 5) is 21.0. The van der Waals surface area contributed by atoms with Crippen molar-refractivity contribution in [2.75, 3.05) is 14.2 Å². The van der Waals surface area contributed by atoms with Crippen molar-refractivity contribution in [3.05, 3.63) is 30.4 Å². The first-order chi connectivity index (χ1) is 11.0. The van der Waals surface area contributed by atoms with E-state index >= 15 is 0 Å². The molecule has 0 saturated heterocycles. The monoisotopic (exact) mass is 314 g/mol. The Kier molecular flexibility index (Phi) is 3.77. The molecule has 0 aliphatic heterocycles. The van der Waals surface area contributed by atoms with Crippen LogP contribution in [0.5, 0.6) is 11.5 Å². The lowest BCUT2D eigenvalue weighted by Gasteiger charge is -2.12. The molecular formula is C16H18N4O3. The Morgan fingerprint density at radius 3 is 2.43 bits per heavy atom. The Balaban J connectivity index is 2.28. The van der Waals surface area contributed by atoms with Crippen molar-refractivity contribution in [2.45, 2.75) is 19.9 Å². The molecule has 7 nitrogen and oxygen atoms in total. The second kappa shape index (κ2) is 5.75. The van der Waals surface area contributed by atoms with Crippen molar-refractivity contribution in [1.29, 1.82) is 0 Å². The van der Waals surface area contributed by atoms with E-state index in [1.165, 1.54) is 0 Å². The summed E-state index contributed by atoms with van der Waals surface area (Å²) >= 11 is 0. The first kappa shape index (κ1) is 15.1. The third kappa shape index (κ3) is 2.54. The summed E-state index contributed by atoms with van der Waals surface area (Å²) in [6.45, 7) is 3.81. The maximum absolute atomic E-state index is 12.4. The Bertz CT molecular complexity index is 886. The number of hydrogen-bond donors (Lipinski definition) is 1. The molecule has 0 spiro atoms. The quantitative estimate of drug-likeness (QED) is 0.797. The van der Waals surface area contributed by atoms with Crippen molar-refractivity contribution in [3.8, 4) is 11.5 Å². The van der Waals surface area contributed by atoms with Crippen LogP contribution < -0.4 is 14.8 Å². The van der Waals surface area contributed by atoms with Gasteiger partial charge in [0.05, 0.1) is 43.2 Å². The van der Waals surface area contributed by atoms with Gasteiger partial charge < -0.3 is 14.8 Å². The molecule has 0 unspecified atom stereocenters. The zero-order valence-electron chi connectivity index (χ0n) is 13.5. The maximum atomic E-state index is 12.4. The van der Waals surface area contributed by atoms with E-state index in [4.69, 9.17) is 9.47 Å². The molecule has 3 aromatic rings. The minimum Gasteiger partial charge on any atom is -0.493 e. The van der Waals surface area contributed by atoms with Crippen molar-refractivity contribution >= 4 is 22.5 Å². The Labute approximate surface area is 133 Å². The highest BCUT2D eigenvalue weighted by Gasteiger charge is 2.17. The molecule has 0 fully saturated rings. The van der Waals surface area contributed by atoms with E-state index in [2.05, 4.69) is 15.3 Å². The van der Waals surface area contributed by atoms with Gasteiger partial charge in [-0.05, 0) is 13.8 Å². The number of carbonyl (C=O) groups is 1. The molecule has 2 aromatic heterocycles. The molecule has 1 aromatic carbocycles. The minimum absolute atomic E-state index is 0.0255. The summed E-state index contributed by atoms with van der Waals surface area (Å²) in [5, 5.41) is 2.85. The fourth-order valence-corrected chi connectivity index (χ4v) is 2.47. The van der Waals surface area contributed by atoms with Gasteiger partial charge in [0.2, 0.25) is 5.82 Å². The standard InChI is InChI=1S/C16H18N4O3/c1-9(2)19-16(21)15-18-8-10-7-17-11-5-13(22-3)14(23-4)6-12(11)20(10)15/h5-9H,1-4H3,(H,19,21). The van der Waals surface area contributed by atoms with Crippen molar-refractivity contribution in [1.82, 2.24) is 19.7 Å². The topological polar surface area (TPSA) is 77.8 Å². The number of nitrogens with zero attached hydrogens (tertiary/aromatic N) is 3. The van der Waals surface area contributed by atoms with Crippen LogP contribution >= 0.6 is 0 Å². The first-order valence-electron chi connectivity index (χ1n) is 7.24. The smallest absolute Gasteiger partial charge is 0.287 e. The number of benzene rings is 1. The average Bonchev–Trinajstić information content (AvgIpc) is 2.97. The minimum atomic E-state index is -0.234. The molecule has 0 saturated carbocycles. The molecule has 0 aliphatic rings. The van der Waals surface area contributed by atoms with Gasteiger partial charge in [0.1, 0.15) is 0 Å². The second-order valence-electron chi connectivity index (χ2n) is 5.42. The third-order valence-corrected chi connectivity index (χ3v) is 3.47. The molecule has 0 radical (unpaired) electrons. The number of imidazole rings is 1. The van der Waals surface area contributed by atoms with Crippen LogP contribution in [0, 0.1) is 0 Å². The van der Waals surface area contributed by atoms with E-state index in [9.17, 15) is 4.79 Å². The van der Waals surface area contributed by atoms with Crippen molar-refractivity contribution in [2.24, 2.45) is 0 Å². The summed E-state index contributed by atoms with van der Waals surface area (Å²) in [6.07, 6.45) is 3.30. The highest BCUT2D eigenvalue weighted by atomic mass is 16.5. The zero-order valence-corrected chi connectivity index (χ0v) is 13.5. The Morgan fingerprint density at radius 1 is 1.13 bits per heavy atom. The Morgan fingerprint density at radius 2 is 1.78 bits per heavy atom. The van der Waals surface area contributed by atoms with Gasteiger partial charge in [0, 0.05) is 18.2 Å². The molecular weight excluding hydrogens is 296 g/mol. The molecule has 23 heavy (non-hydrogen) atoms. The van der Waals surface area contributed by atoms with Crippen LogP contribution in [0.3, 0.4) is 0 Å². The molecule has 1 N–H and O–H groups in total. The lowest BCUT2D eigenvalue weighted by molar-refractivity contribution is 0.0932. The largest absolute Gasteiger partial charge is 0.493 e. The highest BCUT2D eigenvalue weighted by molar-refractivity contribution is 5.94. The maximum Gasteiger partial charge on any atom is 0.287 e. The SMILES string of the molecule is COc1cc2ncc3cnc(C(=O)NC(C)C)n3c2cc1OC. The van der Waals surface area contributed by atoms with Crippen molar-refractivity contribution in [3.63, 3.8) is 0 Å². The number of carbonyl (C=O) groups excluding carboxylic acids is 1. The van der Waals surface area contributed by atoms with Gasteiger partial charge in [-0.2, -0.15) is 0 Å². The number of amides is 1. The zero-order chi connectivity index (χ0) is 16.6. The summed E-state index contributed by atoms with van der Waals surface area (Å²) in [6, 6.07) is 3.59. The number of nitrogens with one attached hydrogen (secondary N) is 1. The predicted molar refractivity (Wildman–Crippen MR) is 86.2 cm³/mol. The van der Waals surface area contributed by atoms with Gasteiger partial charge in [-0.25, -0.2) is 4.98 Å². The van der Waals surface area contributed by atoms with E-state index in [1.54, 1.807) is 43.1 Å². The fraction of sp³-hybridized carbons (Fsp3) is 0.312. The lowest BCUT2D eigenvalue weighted by Crippen LogP contribution is -2.31. The molecule has 0 bridgehead atoms. The molecule has 0 aliphatic carbocycles. The van der Waals surface area contributed by atoms with E-state index in [0.29, 0.717) is 22.8 Å². The van der Waals surface area contributed by atoms with Crippen LogP contribution in [0.2, 0.25) is 0 Å². The average molecular weight is 314 g/mol. The molecule has 2 heterocycles. The van der Waals surface area contributed by atoms with Crippen LogP contribution in [0.15, 0.2) is 24.5 Å². The van der Waals surface area contributed by atoms with Gasteiger partial charge in [-0.1, -0.05) is 0 Å². The summed E-state index contributed by atoms with van der Waals surface area (Å²) in [7, 11) is 3.14. The highest BCUT2D eigenvalue weighted by Crippen LogP contribution is 2.31. The van der Waals surface area contributed by atoms with Gasteiger partial charge in [0.25, 0.3) is 5.91 Å². The molecule has 0 atom stereocenters. The Hall–Kier alpha value is -2.83. The number of methoxy groups -OCH3 is 2. The van der Waals surface area contributed by atoms with Crippen LogP contribution in [-0.4, -0.2) is 40.5 Å². The van der Waals surface area contributed by atoms with Gasteiger partial charge in [-0.3, -0.25) is 14.2 Å². The van der Waals surface area contributed by atoms with Crippen molar-refractivity contribution < 1.29 is 14.3 Å². The normalized spacial score (nSPS) is 11.2. The molecule has 3 rings (SSSR count). The van der Waals surface area contributed by atoms with E-state index in [1.807, 2.05) is 13.8 Å². The fourth-order valence-electron chi connectivity index (χ4n) is 2.47. The van der Waals surface area contributed by atoms with Crippen LogP contribution in [-0.2, 0) is 0 Å². The van der Waals surface area contributed by atoms with E-state index in [0.717, 1.165) is 11.0 Å². The van der Waals surface area contributed by atoms with Crippen LogP contribution in [0.1, 0.15) is 24.5 Å². The number of hydrogen-bond acceptors (Lipinski definition) is 5. The van der Waals surface area contributed by atoms with Crippen LogP contribution in [0.4, 0.5) is 0 Å². The third-order valence-electron chi connectivity index (χ3n) is 3.47. The summed E-state index contributed by atoms with van der Waals surface area (Å²) in [5.74, 6) is 1.23. The number of fused-ring (bicyclic) bond motifs is 3. The second-order valence-corrected chi connectivity index (χ2v) is 5.42. The van der Waals surface area contributed by atoms with Gasteiger partial charge >= 0.3 is 0 Å². The van der Waals surface area contributed by atoms with Gasteiger partial charge in [0.15, 0.2) is 11.5 Å². The van der Waals surface area contributed by atoms with Gasteiger partial charge in [-0.15, -0.1) is 0 Å². The molecule has 120 valence electrons. The van der Waals surface area contributed by atoms with Crippen LogP contribution in [0.25, 0.3) is 16.6 Å². The number of aromatic nitrogens is 3.